The molecular weight excluding hydrogens is 308 g/mol. The lowest BCUT2D eigenvalue weighted by Crippen LogP contribution is -2.48. The van der Waals surface area contributed by atoms with Crippen molar-refractivity contribution in [2.24, 2.45) is 0 Å². The molecule has 0 unspecified atom stereocenters. The molecule has 1 heterocycles. The highest BCUT2D eigenvalue weighted by molar-refractivity contribution is 5.78. The van der Waals surface area contributed by atoms with Gasteiger partial charge in [-0.2, -0.15) is 0 Å². The van der Waals surface area contributed by atoms with E-state index in [0.717, 1.165) is 18.4 Å². The van der Waals surface area contributed by atoms with E-state index in [0.29, 0.717) is 18.5 Å². The molecule has 1 aromatic carbocycles. The van der Waals surface area contributed by atoms with Crippen LogP contribution in [0.5, 0.6) is 0 Å². The van der Waals surface area contributed by atoms with Gasteiger partial charge in [-0.25, -0.2) is 4.68 Å². The minimum absolute atomic E-state index is 0.0290. The number of carboxylic acids is 1. The molecule has 1 aliphatic rings. The van der Waals surface area contributed by atoms with Crippen molar-refractivity contribution >= 4 is 11.9 Å². The van der Waals surface area contributed by atoms with E-state index < -0.39 is 11.5 Å². The fraction of sp³-hybridized carbons (Fsp3) is 0.412. The van der Waals surface area contributed by atoms with Crippen LogP contribution in [0.4, 0.5) is 0 Å². The van der Waals surface area contributed by atoms with E-state index in [1.54, 1.807) is 6.20 Å². The molecule has 1 aliphatic carbocycles. The summed E-state index contributed by atoms with van der Waals surface area (Å²) in [6.45, 7) is 0.0290. The van der Waals surface area contributed by atoms with Crippen LogP contribution < -0.4 is 5.32 Å². The van der Waals surface area contributed by atoms with Crippen LogP contribution in [0.2, 0.25) is 0 Å². The fourth-order valence-corrected chi connectivity index (χ4v) is 3.29. The first-order valence-electron chi connectivity index (χ1n) is 8.05. The van der Waals surface area contributed by atoms with E-state index in [2.05, 4.69) is 15.6 Å². The Morgan fingerprint density at radius 1 is 1.21 bits per heavy atom. The second kappa shape index (κ2) is 6.82. The maximum Gasteiger partial charge on any atom is 0.305 e. The summed E-state index contributed by atoms with van der Waals surface area (Å²) in [4.78, 5) is 23.4. The van der Waals surface area contributed by atoms with Crippen molar-refractivity contribution in [2.75, 3.05) is 0 Å². The highest BCUT2D eigenvalue weighted by Crippen LogP contribution is 2.32. The molecule has 0 saturated heterocycles. The molecule has 126 valence electrons. The quantitative estimate of drug-likeness (QED) is 0.843. The van der Waals surface area contributed by atoms with Crippen molar-refractivity contribution in [3.63, 3.8) is 0 Å². The third-order valence-corrected chi connectivity index (χ3v) is 4.37. The molecule has 2 aromatic rings. The first kappa shape index (κ1) is 16.2. The molecule has 7 nitrogen and oxygen atoms in total. The molecule has 1 saturated carbocycles. The van der Waals surface area contributed by atoms with Crippen LogP contribution in [-0.2, 0) is 16.1 Å². The fourth-order valence-electron chi connectivity index (χ4n) is 3.29. The number of nitrogens with zero attached hydrogens (tertiary/aromatic N) is 3. The first-order valence-corrected chi connectivity index (χ1v) is 8.05. The number of carbonyl (C=O) groups excluding carboxylic acids is 1. The molecule has 0 radical (unpaired) electrons. The molecule has 2 N–H and O–H groups in total. The summed E-state index contributed by atoms with van der Waals surface area (Å²) in [6, 6.07) is 9.60. The van der Waals surface area contributed by atoms with Crippen molar-refractivity contribution in [3.8, 4) is 11.3 Å². The molecule has 0 aliphatic heterocycles. The van der Waals surface area contributed by atoms with Crippen LogP contribution in [0.15, 0.2) is 36.5 Å². The van der Waals surface area contributed by atoms with Gasteiger partial charge in [0.2, 0.25) is 5.91 Å². The summed E-state index contributed by atoms with van der Waals surface area (Å²) in [7, 11) is 0. The monoisotopic (exact) mass is 328 g/mol. The second-order valence-electron chi connectivity index (χ2n) is 6.27. The number of hydrogen-bond acceptors (Lipinski definition) is 4. The Bertz CT molecular complexity index is 720. The van der Waals surface area contributed by atoms with Gasteiger partial charge in [-0.1, -0.05) is 48.4 Å². The van der Waals surface area contributed by atoms with E-state index in [-0.39, 0.29) is 18.9 Å². The van der Waals surface area contributed by atoms with E-state index in [1.807, 2.05) is 30.3 Å². The summed E-state index contributed by atoms with van der Waals surface area (Å²) in [5, 5.41) is 20.1. The van der Waals surface area contributed by atoms with E-state index in [4.69, 9.17) is 5.11 Å². The van der Waals surface area contributed by atoms with Gasteiger partial charge >= 0.3 is 5.97 Å². The number of aliphatic carboxylic acids is 1. The molecule has 1 fully saturated rings. The van der Waals surface area contributed by atoms with Gasteiger partial charge in [0.1, 0.15) is 12.2 Å². The number of amides is 1. The standard InChI is InChI=1S/C17H20N4O3/c22-15(18-17(10-16(23)24)8-4-5-9-17)12-21-11-14(19-20-21)13-6-2-1-3-7-13/h1-3,6-7,11H,4-5,8-10,12H2,(H,18,22)(H,23,24). The van der Waals surface area contributed by atoms with Gasteiger partial charge in [-0.3, -0.25) is 9.59 Å². The van der Waals surface area contributed by atoms with Crippen LogP contribution in [0.1, 0.15) is 32.1 Å². The van der Waals surface area contributed by atoms with Gasteiger partial charge in [0.15, 0.2) is 0 Å². The van der Waals surface area contributed by atoms with E-state index >= 15 is 0 Å². The Morgan fingerprint density at radius 3 is 2.58 bits per heavy atom. The van der Waals surface area contributed by atoms with Gasteiger partial charge in [0, 0.05) is 5.56 Å². The predicted molar refractivity (Wildman–Crippen MR) is 87.1 cm³/mol. The molecule has 1 aromatic heterocycles. The Kier molecular flexibility index (Phi) is 4.59. The summed E-state index contributed by atoms with van der Waals surface area (Å²) >= 11 is 0. The van der Waals surface area contributed by atoms with Crippen LogP contribution in [0.25, 0.3) is 11.3 Å². The Morgan fingerprint density at radius 2 is 1.92 bits per heavy atom. The highest BCUT2D eigenvalue weighted by Gasteiger charge is 2.37. The summed E-state index contributed by atoms with van der Waals surface area (Å²) in [6.07, 6.45) is 4.97. The van der Waals surface area contributed by atoms with Crippen LogP contribution in [0.3, 0.4) is 0 Å². The van der Waals surface area contributed by atoms with Crippen LogP contribution >= 0.6 is 0 Å². The SMILES string of the molecule is O=C(O)CC1(NC(=O)Cn2cc(-c3ccccc3)nn2)CCCC1. The zero-order valence-corrected chi connectivity index (χ0v) is 13.3. The Balaban J connectivity index is 1.64. The van der Waals surface area contributed by atoms with E-state index in [1.165, 1.54) is 4.68 Å². The molecule has 0 spiro atoms. The molecule has 24 heavy (non-hydrogen) atoms. The van der Waals surface area contributed by atoms with Crippen molar-refractivity contribution in [1.82, 2.24) is 20.3 Å². The molecule has 1 amide bonds. The normalized spacial score (nSPS) is 16.0. The molecular formula is C17H20N4O3. The largest absolute Gasteiger partial charge is 0.481 e. The Hall–Kier alpha value is -2.70. The molecule has 0 bridgehead atoms. The maximum atomic E-state index is 12.3. The van der Waals surface area contributed by atoms with Crippen molar-refractivity contribution in [2.45, 2.75) is 44.2 Å². The highest BCUT2D eigenvalue weighted by atomic mass is 16.4. The lowest BCUT2D eigenvalue weighted by molar-refractivity contribution is -0.139. The van der Waals surface area contributed by atoms with Crippen LogP contribution in [0, 0.1) is 0 Å². The number of rotatable bonds is 6. The molecule has 0 atom stereocenters. The third-order valence-electron chi connectivity index (χ3n) is 4.37. The van der Waals surface area contributed by atoms with Crippen molar-refractivity contribution in [1.29, 1.82) is 0 Å². The topological polar surface area (TPSA) is 97.1 Å². The number of nitrogens with one attached hydrogen (secondary N) is 1. The minimum Gasteiger partial charge on any atom is -0.481 e. The van der Waals surface area contributed by atoms with E-state index in [9.17, 15) is 9.59 Å². The zero-order valence-electron chi connectivity index (χ0n) is 13.3. The summed E-state index contributed by atoms with van der Waals surface area (Å²) in [5.41, 5.74) is 1.01. The number of aromatic nitrogens is 3. The average Bonchev–Trinajstić information content (AvgIpc) is 3.17. The number of hydrogen-bond donors (Lipinski definition) is 2. The number of carboxylic acid groups (broad SMARTS) is 1. The van der Waals surface area contributed by atoms with Gasteiger partial charge < -0.3 is 10.4 Å². The average molecular weight is 328 g/mol. The first-order chi connectivity index (χ1) is 11.6. The van der Waals surface area contributed by atoms with Gasteiger partial charge in [0.05, 0.1) is 18.2 Å². The Labute approximate surface area is 139 Å². The van der Waals surface area contributed by atoms with Crippen molar-refractivity contribution in [3.05, 3.63) is 36.5 Å². The van der Waals surface area contributed by atoms with Gasteiger partial charge in [-0.05, 0) is 12.8 Å². The smallest absolute Gasteiger partial charge is 0.305 e. The number of benzene rings is 1. The van der Waals surface area contributed by atoms with Gasteiger partial charge in [-0.15, -0.1) is 5.10 Å². The third kappa shape index (κ3) is 3.79. The zero-order chi connectivity index (χ0) is 17.0. The van der Waals surface area contributed by atoms with Crippen molar-refractivity contribution < 1.29 is 14.7 Å². The van der Waals surface area contributed by atoms with Gasteiger partial charge in [0.25, 0.3) is 0 Å². The predicted octanol–water partition coefficient (Wildman–Crippen LogP) is 1.85. The van der Waals surface area contributed by atoms with Crippen LogP contribution in [-0.4, -0.2) is 37.5 Å². The summed E-state index contributed by atoms with van der Waals surface area (Å²) in [5.74, 6) is -1.12. The molecule has 3 rings (SSSR count). The maximum absolute atomic E-state index is 12.3. The second-order valence-corrected chi connectivity index (χ2v) is 6.27. The lowest BCUT2D eigenvalue weighted by atomic mass is 9.93. The molecule has 7 heteroatoms. The lowest BCUT2D eigenvalue weighted by Gasteiger charge is -2.28. The summed E-state index contributed by atoms with van der Waals surface area (Å²) < 4.78 is 1.47. The number of carbonyl (C=O) groups is 2. The minimum atomic E-state index is -0.885.